The van der Waals surface area contributed by atoms with Gasteiger partial charge in [-0.05, 0) is 68.4 Å². The number of esters is 2. The second-order valence-corrected chi connectivity index (χ2v) is 10.7. The van der Waals surface area contributed by atoms with E-state index >= 15 is 0 Å². The van der Waals surface area contributed by atoms with Crippen LogP contribution in [0, 0.1) is 28.6 Å². The molecule has 0 unspecified atom stereocenters. The fraction of sp³-hybridized carbons (Fsp3) is 0.704. The van der Waals surface area contributed by atoms with Crippen LogP contribution in [0.4, 0.5) is 0 Å². The highest BCUT2D eigenvalue weighted by Crippen LogP contribution is 2.67. The van der Waals surface area contributed by atoms with Crippen LogP contribution >= 0.6 is 0 Å². The molecular weight excluding hydrogens is 420 g/mol. The molecule has 6 nitrogen and oxygen atoms in total. The van der Waals surface area contributed by atoms with Gasteiger partial charge in [-0.1, -0.05) is 39.3 Å². The molecule has 4 aliphatic carbocycles. The summed E-state index contributed by atoms with van der Waals surface area (Å²) >= 11 is 0. The van der Waals surface area contributed by atoms with Crippen molar-refractivity contribution in [2.75, 3.05) is 6.61 Å². The fourth-order valence-corrected chi connectivity index (χ4v) is 7.51. The normalized spacial score (nSPS) is 39.1. The summed E-state index contributed by atoms with van der Waals surface area (Å²) in [5, 5.41) is 0. The maximum absolute atomic E-state index is 13.6. The van der Waals surface area contributed by atoms with Crippen LogP contribution in [0.1, 0.15) is 79.1 Å². The predicted molar refractivity (Wildman–Crippen MR) is 122 cm³/mol. The zero-order chi connectivity index (χ0) is 24.0. The van der Waals surface area contributed by atoms with Crippen LogP contribution in [0.15, 0.2) is 23.8 Å². The van der Waals surface area contributed by atoms with Crippen LogP contribution in [0.5, 0.6) is 0 Å². The van der Waals surface area contributed by atoms with Crippen LogP contribution in [0.2, 0.25) is 0 Å². The third-order valence-corrected chi connectivity index (χ3v) is 9.36. The summed E-state index contributed by atoms with van der Waals surface area (Å²) in [7, 11) is 0. The number of hydrogen-bond donors (Lipinski definition) is 0. The van der Waals surface area contributed by atoms with Crippen LogP contribution in [-0.2, 0) is 28.7 Å². The number of ether oxygens (including phenoxy) is 2. The third kappa shape index (κ3) is 3.60. The molecule has 0 aliphatic heterocycles. The smallest absolute Gasteiger partial charge is 0.306 e. The number of hydrogen-bond acceptors (Lipinski definition) is 6. The molecule has 6 atom stereocenters. The molecule has 0 aromatic heterocycles. The van der Waals surface area contributed by atoms with E-state index in [1.807, 2.05) is 6.08 Å². The summed E-state index contributed by atoms with van der Waals surface area (Å²) in [6.07, 6.45) is 10.8. The van der Waals surface area contributed by atoms with Gasteiger partial charge in [0, 0.05) is 23.7 Å². The summed E-state index contributed by atoms with van der Waals surface area (Å²) in [6.45, 7) is 7.42. The lowest BCUT2D eigenvalue weighted by Crippen LogP contribution is -2.59. The maximum atomic E-state index is 13.6. The zero-order valence-electron chi connectivity index (χ0n) is 20.3. The van der Waals surface area contributed by atoms with Gasteiger partial charge < -0.3 is 9.47 Å². The van der Waals surface area contributed by atoms with E-state index in [-0.39, 0.29) is 48.3 Å². The van der Waals surface area contributed by atoms with Crippen LogP contribution in [-0.4, -0.2) is 35.7 Å². The molecule has 33 heavy (non-hydrogen) atoms. The molecule has 4 aliphatic rings. The quantitative estimate of drug-likeness (QED) is 0.547. The largest absolute Gasteiger partial charge is 0.457 e. The van der Waals surface area contributed by atoms with Crippen molar-refractivity contribution in [2.45, 2.75) is 84.7 Å². The Kier molecular flexibility index (Phi) is 6.17. The molecule has 6 heteroatoms. The number of Topliss-reactive ketones (excluding diaryl/α,β-unsaturated/α-hetero) is 1. The Bertz CT molecular complexity index is 931. The van der Waals surface area contributed by atoms with Gasteiger partial charge in [-0.3, -0.25) is 19.2 Å². The molecule has 3 saturated carbocycles. The van der Waals surface area contributed by atoms with E-state index in [1.165, 1.54) is 5.57 Å². The van der Waals surface area contributed by atoms with Crippen molar-refractivity contribution in [1.29, 1.82) is 0 Å². The Labute approximate surface area is 196 Å². The number of allylic oxidation sites excluding steroid dienone is 4. The summed E-state index contributed by atoms with van der Waals surface area (Å²) in [6, 6.07) is 0. The summed E-state index contributed by atoms with van der Waals surface area (Å²) < 4.78 is 11.2. The first-order valence-electron chi connectivity index (χ1n) is 12.5. The summed E-state index contributed by atoms with van der Waals surface area (Å²) in [4.78, 5) is 49.8. The molecule has 0 N–H and O–H groups in total. The zero-order valence-corrected chi connectivity index (χ0v) is 20.3. The van der Waals surface area contributed by atoms with E-state index in [9.17, 15) is 19.2 Å². The first-order chi connectivity index (χ1) is 15.6. The molecule has 4 rings (SSSR count). The Hall–Kier alpha value is -2.24. The number of fused-ring (bicyclic) bond motifs is 5. The SMILES string of the molecule is CCC(=O)OCC(=O)[C@@]1(OC(=O)CC)CC[C@H]2[C@@H]3CCC4=CC(=O)C=C[C@]4(C)[C@H]3CC[C@@]21C. The highest BCUT2D eigenvalue weighted by atomic mass is 16.6. The molecule has 0 saturated heterocycles. The van der Waals surface area contributed by atoms with Crippen molar-refractivity contribution in [1.82, 2.24) is 0 Å². The Morgan fingerprint density at radius 3 is 2.39 bits per heavy atom. The molecule has 0 radical (unpaired) electrons. The van der Waals surface area contributed by atoms with Crippen molar-refractivity contribution in [2.24, 2.45) is 28.6 Å². The van der Waals surface area contributed by atoms with Gasteiger partial charge in [-0.15, -0.1) is 0 Å². The Morgan fingerprint density at radius 2 is 1.70 bits per heavy atom. The number of carbonyl (C=O) groups is 4. The van der Waals surface area contributed by atoms with E-state index in [1.54, 1.807) is 19.9 Å². The lowest BCUT2D eigenvalue weighted by atomic mass is 9.47. The van der Waals surface area contributed by atoms with E-state index in [0.29, 0.717) is 18.3 Å². The molecule has 0 bridgehead atoms. The van der Waals surface area contributed by atoms with Crippen molar-refractivity contribution in [3.8, 4) is 0 Å². The van der Waals surface area contributed by atoms with Crippen molar-refractivity contribution >= 4 is 23.5 Å². The highest BCUT2D eigenvalue weighted by molar-refractivity contribution is 6.01. The second-order valence-electron chi connectivity index (χ2n) is 10.7. The lowest BCUT2D eigenvalue weighted by Gasteiger charge is -2.58. The topological polar surface area (TPSA) is 86.7 Å². The summed E-state index contributed by atoms with van der Waals surface area (Å²) in [5.74, 6) is -0.0234. The first kappa shape index (κ1) is 23.9. The molecule has 180 valence electrons. The van der Waals surface area contributed by atoms with Crippen LogP contribution in [0.25, 0.3) is 0 Å². The average Bonchev–Trinajstić information content (AvgIpc) is 3.10. The molecule has 0 heterocycles. The molecule has 0 aromatic carbocycles. The van der Waals surface area contributed by atoms with Crippen LogP contribution < -0.4 is 0 Å². The van der Waals surface area contributed by atoms with Gasteiger partial charge in [0.15, 0.2) is 18.0 Å². The van der Waals surface area contributed by atoms with Crippen molar-refractivity contribution in [3.63, 3.8) is 0 Å². The number of carbonyl (C=O) groups excluding carboxylic acids is 4. The molecular formula is C27H36O6. The minimum Gasteiger partial charge on any atom is -0.457 e. The molecule has 0 spiro atoms. The van der Waals surface area contributed by atoms with E-state index in [0.717, 1.165) is 32.1 Å². The number of ketones is 2. The van der Waals surface area contributed by atoms with Gasteiger partial charge >= 0.3 is 11.9 Å². The van der Waals surface area contributed by atoms with Crippen LogP contribution in [0.3, 0.4) is 0 Å². The minimum absolute atomic E-state index is 0.0696. The van der Waals surface area contributed by atoms with Gasteiger partial charge in [-0.2, -0.15) is 0 Å². The van der Waals surface area contributed by atoms with Crippen molar-refractivity contribution in [3.05, 3.63) is 23.8 Å². The van der Waals surface area contributed by atoms with E-state index in [4.69, 9.17) is 9.47 Å². The number of rotatable bonds is 6. The lowest BCUT2D eigenvalue weighted by molar-refractivity contribution is -0.191. The predicted octanol–water partition coefficient (Wildman–Crippen LogP) is 4.51. The standard InChI is InChI=1S/C27H36O6/c1-5-23(30)32-16-22(29)27(33-24(31)6-2)14-11-21-19-8-7-17-15-18(28)9-12-25(17,3)20(19)10-13-26(21,27)4/h9,12,15,19-21H,5-8,10-11,13-14,16H2,1-4H3/t19-,20+,21+,25+,26+,27+/m1/s1. The van der Waals surface area contributed by atoms with Gasteiger partial charge in [-0.25, -0.2) is 0 Å². The molecule has 0 aromatic rings. The fourth-order valence-electron chi connectivity index (χ4n) is 7.51. The Morgan fingerprint density at radius 1 is 1.00 bits per heavy atom. The van der Waals surface area contributed by atoms with Gasteiger partial charge in [0.1, 0.15) is 0 Å². The molecule has 0 amide bonds. The Balaban J connectivity index is 1.66. The third-order valence-electron chi connectivity index (χ3n) is 9.36. The van der Waals surface area contributed by atoms with Crippen molar-refractivity contribution < 1.29 is 28.7 Å². The van der Waals surface area contributed by atoms with E-state index < -0.39 is 17.0 Å². The van der Waals surface area contributed by atoms with Gasteiger partial charge in [0.05, 0.1) is 0 Å². The monoisotopic (exact) mass is 456 g/mol. The van der Waals surface area contributed by atoms with E-state index in [2.05, 4.69) is 19.9 Å². The minimum atomic E-state index is -1.25. The molecule has 3 fully saturated rings. The average molecular weight is 457 g/mol. The highest BCUT2D eigenvalue weighted by Gasteiger charge is 2.68. The summed E-state index contributed by atoms with van der Waals surface area (Å²) in [5.41, 5.74) is -0.659. The van der Waals surface area contributed by atoms with Gasteiger partial charge in [0.25, 0.3) is 0 Å². The first-order valence-corrected chi connectivity index (χ1v) is 12.5. The van der Waals surface area contributed by atoms with Gasteiger partial charge in [0.2, 0.25) is 5.78 Å². The second kappa shape index (κ2) is 8.52. The maximum Gasteiger partial charge on any atom is 0.306 e.